The topological polar surface area (TPSA) is 112 Å². The number of nitriles is 1. The zero-order valence-electron chi connectivity index (χ0n) is 12.2. The minimum atomic E-state index is -1.18. The number of carbonyl (C=O) groups is 2. The fourth-order valence-electron chi connectivity index (χ4n) is 2.80. The van der Waals surface area contributed by atoms with E-state index in [2.05, 4.69) is 5.32 Å². The molecule has 0 radical (unpaired) electrons. The van der Waals surface area contributed by atoms with E-state index in [4.69, 9.17) is 14.7 Å². The normalized spacial score (nSPS) is 22.2. The zero-order chi connectivity index (χ0) is 16.4. The van der Waals surface area contributed by atoms with E-state index >= 15 is 0 Å². The molecular weight excluding hydrogens is 322 g/mol. The number of nitrogens with one attached hydrogen (secondary N) is 1. The molecule has 1 unspecified atom stereocenters. The predicted molar refractivity (Wildman–Crippen MR) is 78.7 cm³/mol. The van der Waals surface area contributed by atoms with Gasteiger partial charge in [0.1, 0.15) is 12.1 Å². The fraction of sp³-hybridized carbons (Fsp3) is 0.500. The van der Waals surface area contributed by atoms with E-state index in [-0.39, 0.29) is 19.5 Å². The molecule has 0 bridgehead atoms. The summed E-state index contributed by atoms with van der Waals surface area (Å²) < 4.78 is 11.0. The van der Waals surface area contributed by atoms with Crippen LogP contribution in [0, 0.1) is 11.3 Å². The van der Waals surface area contributed by atoms with Gasteiger partial charge in [-0.25, -0.2) is 4.79 Å². The molecule has 1 spiro atoms. The van der Waals surface area contributed by atoms with Crippen molar-refractivity contribution in [3.8, 4) is 6.07 Å². The molecule has 2 fully saturated rings. The number of ether oxygens (including phenoxy) is 2. The fourth-order valence-corrected chi connectivity index (χ4v) is 3.55. The van der Waals surface area contributed by atoms with Crippen molar-refractivity contribution in [1.82, 2.24) is 10.2 Å². The molecule has 0 aliphatic carbocycles. The highest BCUT2D eigenvalue weighted by atomic mass is 32.1. The maximum Gasteiger partial charge on any atom is 0.408 e. The first kappa shape index (κ1) is 15.7. The number of rotatable bonds is 3. The Morgan fingerprint density at radius 3 is 2.87 bits per heavy atom. The van der Waals surface area contributed by atoms with E-state index in [9.17, 15) is 14.7 Å². The third kappa shape index (κ3) is 3.14. The third-order valence-electron chi connectivity index (χ3n) is 3.87. The van der Waals surface area contributed by atoms with Gasteiger partial charge in [-0.15, -0.1) is 11.3 Å². The van der Waals surface area contributed by atoms with Gasteiger partial charge in [0.2, 0.25) is 5.91 Å². The molecule has 1 aromatic heterocycles. The number of nitrogens with zero attached hydrogens (tertiary/aromatic N) is 2. The molecule has 23 heavy (non-hydrogen) atoms. The summed E-state index contributed by atoms with van der Waals surface area (Å²) >= 11 is 1.37. The van der Waals surface area contributed by atoms with Crippen LogP contribution in [0.2, 0.25) is 0 Å². The maximum atomic E-state index is 12.4. The first-order valence-corrected chi connectivity index (χ1v) is 7.94. The summed E-state index contributed by atoms with van der Waals surface area (Å²) in [6.07, 6.45) is -0.997. The van der Waals surface area contributed by atoms with Gasteiger partial charge in [-0.05, 0) is 6.07 Å². The maximum absolute atomic E-state index is 12.4. The van der Waals surface area contributed by atoms with Crippen LogP contribution in [0.25, 0.3) is 0 Å². The van der Waals surface area contributed by atoms with Crippen molar-refractivity contribution in [2.75, 3.05) is 19.8 Å². The number of carboxylic acid groups (broad SMARTS) is 1. The smallest absolute Gasteiger partial charge is 0.408 e. The van der Waals surface area contributed by atoms with Gasteiger partial charge in [0.25, 0.3) is 0 Å². The molecule has 0 saturated carbocycles. The highest BCUT2D eigenvalue weighted by Gasteiger charge is 2.52. The quantitative estimate of drug-likeness (QED) is 0.841. The van der Waals surface area contributed by atoms with Crippen molar-refractivity contribution in [2.24, 2.45) is 0 Å². The Morgan fingerprint density at radius 1 is 1.52 bits per heavy atom. The predicted octanol–water partition coefficient (Wildman–Crippen LogP) is 0.731. The first-order chi connectivity index (χ1) is 11.0. The average Bonchev–Trinajstić information content (AvgIpc) is 3.25. The van der Waals surface area contributed by atoms with Gasteiger partial charge in [0.05, 0.1) is 31.9 Å². The first-order valence-electron chi connectivity index (χ1n) is 7.06. The summed E-state index contributed by atoms with van der Waals surface area (Å²) in [7, 11) is 0. The Bertz CT molecular complexity index is 662. The van der Waals surface area contributed by atoms with Gasteiger partial charge in [-0.3, -0.25) is 9.69 Å². The zero-order valence-corrected chi connectivity index (χ0v) is 13.0. The van der Waals surface area contributed by atoms with Gasteiger partial charge in [-0.2, -0.15) is 5.26 Å². The molecule has 9 heteroatoms. The number of hydrogen-bond acceptors (Lipinski definition) is 6. The Balaban J connectivity index is 1.65. The lowest BCUT2D eigenvalue weighted by Crippen LogP contribution is -2.45. The largest absolute Gasteiger partial charge is 0.465 e. The van der Waals surface area contributed by atoms with Crippen molar-refractivity contribution in [1.29, 1.82) is 5.26 Å². The van der Waals surface area contributed by atoms with Crippen LogP contribution in [0.1, 0.15) is 16.9 Å². The second-order valence-electron chi connectivity index (χ2n) is 5.37. The molecule has 2 N–H and O–H groups in total. The van der Waals surface area contributed by atoms with Gasteiger partial charge in [-0.1, -0.05) is 0 Å². The van der Waals surface area contributed by atoms with Crippen LogP contribution in [0.5, 0.6) is 0 Å². The summed E-state index contributed by atoms with van der Waals surface area (Å²) in [5.41, 5.74) is 0.541. The molecule has 0 aromatic carbocycles. The minimum absolute atomic E-state index is 0.0258. The van der Waals surface area contributed by atoms with Crippen LogP contribution in [0.3, 0.4) is 0 Å². The number of hydrogen-bond donors (Lipinski definition) is 2. The molecule has 3 heterocycles. The van der Waals surface area contributed by atoms with Crippen molar-refractivity contribution in [2.45, 2.75) is 24.8 Å². The summed E-state index contributed by atoms with van der Waals surface area (Å²) in [6, 6.07) is 2.87. The number of carbonyl (C=O) groups excluding carboxylic acids is 1. The van der Waals surface area contributed by atoms with E-state index < -0.39 is 23.8 Å². The van der Waals surface area contributed by atoms with Gasteiger partial charge < -0.3 is 19.9 Å². The number of likely N-dealkylation sites (tertiary alicyclic amines) is 1. The summed E-state index contributed by atoms with van der Waals surface area (Å²) in [6.45, 7) is 1.07. The van der Waals surface area contributed by atoms with Gasteiger partial charge in [0, 0.05) is 16.7 Å². The molecule has 2 saturated heterocycles. The van der Waals surface area contributed by atoms with E-state index in [0.29, 0.717) is 18.8 Å². The van der Waals surface area contributed by atoms with Gasteiger partial charge in [0.15, 0.2) is 5.79 Å². The van der Waals surface area contributed by atoms with Crippen molar-refractivity contribution >= 4 is 23.3 Å². The van der Waals surface area contributed by atoms with Crippen molar-refractivity contribution in [3.63, 3.8) is 0 Å². The van der Waals surface area contributed by atoms with E-state index in [1.54, 1.807) is 11.4 Å². The Hall–Kier alpha value is -2.15. The molecule has 1 aromatic rings. The SMILES string of the molecule is N#Cc1csc(CNC(=O)C2CC3(CN2C(=O)O)OCCO3)c1. The number of thiophene rings is 1. The highest BCUT2D eigenvalue weighted by Crippen LogP contribution is 2.34. The molecule has 2 aliphatic heterocycles. The highest BCUT2D eigenvalue weighted by molar-refractivity contribution is 7.10. The monoisotopic (exact) mass is 337 g/mol. The van der Waals surface area contributed by atoms with Crippen LogP contribution in [-0.2, 0) is 20.8 Å². The van der Waals surface area contributed by atoms with Crippen LogP contribution < -0.4 is 5.32 Å². The lowest BCUT2D eigenvalue weighted by Gasteiger charge is -2.20. The Morgan fingerprint density at radius 2 is 2.26 bits per heavy atom. The van der Waals surface area contributed by atoms with Crippen LogP contribution in [0.4, 0.5) is 4.79 Å². The molecule has 3 rings (SSSR count). The van der Waals surface area contributed by atoms with Crippen LogP contribution in [-0.4, -0.2) is 53.6 Å². The molecular formula is C14H15N3O5S. The Kier molecular flexibility index (Phi) is 4.21. The van der Waals surface area contributed by atoms with E-state index in [1.165, 1.54) is 11.3 Å². The lowest BCUT2D eigenvalue weighted by molar-refractivity contribution is -0.146. The standard InChI is InChI=1S/C14H15N3O5S/c15-5-9-3-10(23-7-9)6-16-12(18)11-4-14(21-1-2-22-14)8-17(11)13(19)20/h3,7,11H,1-2,4,6,8H2,(H,16,18)(H,19,20). The average molecular weight is 337 g/mol. The van der Waals surface area contributed by atoms with Crippen LogP contribution in [0.15, 0.2) is 11.4 Å². The van der Waals surface area contributed by atoms with Crippen molar-refractivity contribution < 1.29 is 24.2 Å². The van der Waals surface area contributed by atoms with E-state index in [0.717, 1.165) is 9.78 Å². The molecule has 122 valence electrons. The molecule has 1 atom stereocenters. The van der Waals surface area contributed by atoms with Crippen molar-refractivity contribution in [3.05, 3.63) is 21.9 Å². The summed E-state index contributed by atoms with van der Waals surface area (Å²) in [5, 5.41) is 22.5. The van der Waals surface area contributed by atoms with Gasteiger partial charge >= 0.3 is 6.09 Å². The molecule has 2 aliphatic rings. The summed E-state index contributed by atoms with van der Waals surface area (Å²) in [4.78, 5) is 25.6. The second-order valence-corrected chi connectivity index (χ2v) is 6.37. The van der Waals surface area contributed by atoms with Crippen LogP contribution >= 0.6 is 11.3 Å². The summed E-state index contributed by atoms with van der Waals surface area (Å²) in [5.74, 6) is -1.40. The second kappa shape index (κ2) is 6.16. The van der Waals surface area contributed by atoms with E-state index in [1.807, 2.05) is 6.07 Å². The lowest BCUT2D eigenvalue weighted by atomic mass is 10.1. The number of amides is 2. The third-order valence-corrected chi connectivity index (χ3v) is 4.81. The molecule has 2 amide bonds. The Labute approximate surface area is 136 Å². The molecule has 8 nitrogen and oxygen atoms in total. The minimum Gasteiger partial charge on any atom is -0.465 e.